The van der Waals surface area contributed by atoms with Crippen LogP contribution >= 0.6 is 0 Å². The number of benzene rings is 1. The van der Waals surface area contributed by atoms with Gasteiger partial charge in [-0.05, 0) is 43.0 Å². The molecule has 0 saturated heterocycles. The largest absolute Gasteiger partial charge is 0.493 e. The van der Waals surface area contributed by atoms with Crippen molar-refractivity contribution < 1.29 is 19.1 Å². The lowest BCUT2D eigenvalue weighted by Crippen LogP contribution is -2.06. The van der Waals surface area contributed by atoms with Crippen LogP contribution in [0.15, 0.2) is 33.7 Å². The Hall–Kier alpha value is -3.23. The van der Waals surface area contributed by atoms with E-state index in [9.17, 15) is 9.59 Å². The maximum Gasteiger partial charge on any atom is 0.303 e. The summed E-state index contributed by atoms with van der Waals surface area (Å²) in [7, 11) is 0. The van der Waals surface area contributed by atoms with Gasteiger partial charge in [0, 0.05) is 24.5 Å². The lowest BCUT2D eigenvalue weighted by molar-refractivity contribution is -0.137. The van der Waals surface area contributed by atoms with Gasteiger partial charge in [-0.1, -0.05) is 13.3 Å². The van der Waals surface area contributed by atoms with Crippen molar-refractivity contribution in [2.45, 2.75) is 58.4 Å². The number of rotatable bonds is 12. The maximum absolute atomic E-state index is 12.0. The molecule has 0 spiro atoms. The predicted octanol–water partition coefficient (Wildman–Crippen LogP) is 3.00. The molecular weight excluding hydrogens is 388 g/mol. The van der Waals surface area contributed by atoms with Crippen molar-refractivity contribution in [3.8, 4) is 5.75 Å². The molecule has 160 valence electrons. The van der Waals surface area contributed by atoms with Gasteiger partial charge in [0.25, 0.3) is 0 Å². The number of unbranched alkanes of at least 4 members (excludes halogenated alkanes) is 1. The fourth-order valence-corrected chi connectivity index (χ4v) is 3.22. The van der Waals surface area contributed by atoms with Crippen LogP contribution in [0, 0.1) is 0 Å². The molecule has 0 unspecified atom stereocenters. The van der Waals surface area contributed by atoms with Crippen LogP contribution in [0.25, 0.3) is 11.0 Å². The molecule has 0 fully saturated rings. The molecule has 0 aliphatic rings. The van der Waals surface area contributed by atoms with Gasteiger partial charge in [-0.15, -0.1) is 10.2 Å². The number of aromatic nitrogens is 4. The minimum Gasteiger partial charge on any atom is -0.493 e. The van der Waals surface area contributed by atoms with Gasteiger partial charge in [0.05, 0.1) is 24.8 Å². The van der Waals surface area contributed by atoms with Crippen molar-refractivity contribution >= 4 is 16.9 Å². The van der Waals surface area contributed by atoms with Gasteiger partial charge in [-0.3, -0.25) is 9.59 Å². The zero-order valence-corrected chi connectivity index (χ0v) is 17.0. The number of aryl methyl sites for hydroxylation is 3. The highest BCUT2D eigenvalue weighted by molar-refractivity contribution is 5.82. The van der Waals surface area contributed by atoms with E-state index in [1.54, 1.807) is 6.07 Å². The molecule has 3 aromatic rings. The van der Waals surface area contributed by atoms with Crippen LogP contribution in [0.1, 0.15) is 50.4 Å². The third kappa shape index (κ3) is 5.65. The minimum absolute atomic E-state index is 0.0522. The SMILES string of the molecule is CCCc1c(OCCCCc2nnn(CCCC(=O)O)n2)ccc2c(=O)ccoc12. The number of carboxylic acids is 1. The number of tetrazole rings is 1. The molecule has 0 bridgehead atoms. The van der Waals surface area contributed by atoms with E-state index in [1.807, 2.05) is 6.07 Å². The van der Waals surface area contributed by atoms with Gasteiger partial charge in [0.1, 0.15) is 11.3 Å². The highest BCUT2D eigenvalue weighted by Gasteiger charge is 2.12. The average Bonchev–Trinajstić information content (AvgIpc) is 3.17. The maximum atomic E-state index is 12.0. The van der Waals surface area contributed by atoms with Crippen LogP contribution in [0.3, 0.4) is 0 Å². The molecule has 0 atom stereocenters. The zero-order chi connectivity index (χ0) is 21.3. The fraction of sp³-hybridized carbons (Fsp3) is 0.476. The Morgan fingerprint density at radius 2 is 2.07 bits per heavy atom. The molecule has 3 rings (SSSR count). The third-order valence-corrected chi connectivity index (χ3v) is 4.68. The molecule has 0 aliphatic carbocycles. The van der Waals surface area contributed by atoms with Crippen LogP contribution < -0.4 is 10.2 Å². The van der Waals surface area contributed by atoms with Gasteiger partial charge in [0.2, 0.25) is 0 Å². The molecule has 0 saturated carbocycles. The van der Waals surface area contributed by atoms with Crippen LogP contribution in [-0.4, -0.2) is 37.9 Å². The van der Waals surface area contributed by atoms with E-state index in [1.165, 1.54) is 17.1 Å². The van der Waals surface area contributed by atoms with Crippen LogP contribution in [0.5, 0.6) is 5.75 Å². The van der Waals surface area contributed by atoms with E-state index < -0.39 is 5.97 Å². The summed E-state index contributed by atoms with van der Waals surface area (Å²) < 4.78 is 11.6. The predicted molar refractivity (Wildman–Crippen MR) is 110 cm³/mol. The number of hydrogen-bond donors (Lipinski definition) is 1. The Morgan fingerprint density at radius 3 is 2.87 bits per heavy atom. The molecular formula is C21H26N4O5. The highest BCUT2D eigenvalue weighted by Crippen LogP contribution is 2.28. The van der Waals surface area contributed by atoms with Gasteiger partial charge in [-0.25, -0.2) is 0 Å². The molecule has 9 nitrogen and oxygen atoms in total. The smallest absolute Gasteiger partial charge is 0.303 e. The first-order chi connectivity index (χ1) is 14.6. The van der Waals surface area contributed by atoms with Gasteiger partial charge >= 0.3 is 5.97 Å². The lowest BCUT2D eigenvalue weighted by atomic mass is 10.1. The highest BCUT2D eigenvalue weighted by atomic mass is 16.5. The van der Waals surface area contributed by atoms with Gasteiger partial charge in [0.15, 0.2) is 11.3 Å². The Bertz CT molecular complexity index is 1040. The lowest BCUT2D eigenvalue weighted by Gasteiger charge is -2.12. The summed E-state index contributed by atoms with van der Waals surface area (Å²) in [4.78, 5) is 24.0. The number of ether oxygens (including phenoxy) is 1. The van der Waals surface area contributed by atoms with E-state index in [2.05, 4.69) is 22.3 Å². The standard InChI is InChI=1S/C21H26N4O5/c1-2-6-16-18(10-9-15-17(26)11-14-30-21(15)16)29-13-4-3-7-19-22-24-25(23-19)12-5-8-20(27)28/h9-11,14H,2-8,12-13H2,1H3,(H,27,28). The number of carboxylic acid groups (broad SMARTS) is 1. The molecule has 1 aromatic carbocycles. The molecule has 0 amide bonds. The molecule has 0 aliphatic heterocycles. The van der Waals surface area contributed by atoms with E-state index in [-0.39, 0.29) is 11.8 Å². The zero-order valence-electron chi connectivity index (χ0n) is 17.0. The van der Waals surface area contributed by atoms with Gasteiger partial charge < -0.3 is 14.3 Å². The monoisotopic (exact) mass is 414 g/mol. The number of fused-ring (bicyclic) bond motifs is 1. The average molecular weight is 414 g/mol. The van der Waals surface area contributed by atoms with Crippen LogP contribution in [-0.2, 0) is 24.2 Å². The van der Waals surface area contributed by atoms with Crippen LogP contribution in [0.2, 0.25) is 0 Å². The second-order valence-corrected chi connectivity index (χ2v) is 7.06. The fourth-order valence-electron chi connectivity index (χ4n) is 3.22. The van der Waals surface area contributed by atoms with Gasteiger partial charge in [-0.2, -0.15) is 4.80 Å². The number of nitrogens with zero attached hydrogens (tertiary/aromatic N) is 4. The van der Waals surface area contributed by atoms with E-state index in [0.717, 1.165) is 37.0 Å². The third-order valence-electron chi connectivity index (χ3n) is 4.68. The van der Waals surface area contributed by atoms with Crippen molar-refractivity contribution in [3.05, 3.63) is 46.1 Å². The number of hydrogen-bond acceptors (Lipinski definition) is 7. The van der Waals surface area contributed by atoms with Crippen molar-refractivity contribution in [3.63, 3.8) is 0 Å². The summed E-state index contributed by atoms with van der Waals surface area (Å²) in [6.45, 7) is 3.05. The van der Waals surface area contributed by atoms with E-state index in [4.69, 9.17) is 14.3 Å². The van der Waals surface area contributed by atoms with E-state index >= 15 is 0 Å². The van der Waals surface area contributed by atoms with Crippen molar-refractivity contribution in [2.24, 2.45) is 0 Å². The quantitative estimate of drug-likeness (QED) is 0.449. The summed E-state index contributed by atoms with van der Waals surface area (Å²) in [5.41, 5.74) is 1.48. The molecule has 30 heavy (non-hydrogen) atoms. The first kappa shape index (κ1) is 21.5. The first-order valence-electron chi connectivity index (χ1n) is 10.2. The second kappa shape index (κ2) is 10.5. The van der Waals surface area contributed by atoms with Crippen LogP contribution in [0.4, 0.5) is 0 Å². The van der Waals surface area contributed by atoms with Crippen molar-refractivity contribution in [1.82, 2.24) is 20.2 Å². The molecule has 9 heteroatoms. The summed E-state index contributed by atoms with van der Waals surface area (Å²) in [5, 5.41) is 21.4. The normalized spacial score (nSPS) is 11.1. The number of carbonyl (C=O) groups is 1. The molecule has 2 heterocycles. The van der Waals surface area contributed by atoms with Crippen molar-refractivity contribution in [2.75, 3.05) is 6.61 Å². The Balaban J connectivity index is 1.49. The first-order valence-corrected chi connectivity index (χ1v) is 10.2. The summed E-state index contributed by atoms with van der Waals surface area (Å²) in [6.07, 6.45) is 6.02. The topological polar surface area (TPSA) is 120 Å². The summed E-state index contributed by atoms with van der Waals surface area (Å²) in [6, 6.07) is 5.02. The molecule has 1 N–H and O–H groups in total. The molecule has 2 aromatic heterocycles. The Morgan fingerprint density at radius 1 is 1.20 bits per heavy atom. The molecule has 0 radical (unpaired) electrons. The Kier molecular flexibility index (Phi) is 7.53. The minimum atomic E-state index is -0.828. The summed E-state index contributed by atoms with van der Waals surface area (Å²) in [5.74, 6) is 0.566. The number of aliphatic carboxylic acids is 1. The van der Waals surface area contributed by atoms with E-state index in [0.29, 0.717) is 42.8 Å². The summed E-state index contributed by atoms with van der Waals surface area (Å²) >= 11 is 0. The van der Waals surface area contributed by atoms with Crippen molar-refractivity contribution in [1.29, 1.82) is 0 Å². The second-order valence-electron chi connectivity index (χ2n) is 7.06. The Labute approximate surface area is 173 Å².